The van der Waals surface area contributed by atoms with Gasteiger partial charge in [-0.25, -0.2) is 9.18 Å². The summed E-state index contributed by atoms with van der Waals surface area (Å²) in [5, 5.41) is 2.59. The summed E-state index contributed by atoms with van der Waals surface area (Å²) in [5.74, 6) is 4.87. The minimum atomic E-state index is -0.580. The number of benzene rings is 2. The first-order valence-corrected chi connectivity index (χ1v) is 8.32. The minimum absolute atomic E-state index is 0.210. The molecule has 27 heavy (non-hydrogen) atoms. The Morgan fingerprint density at radius 2 is 2.15 bits per heavy atom. The van der Waals surface area contributed by atoms with Crippen LogP contribution in [0, 0.1) is 17.7 Å². The standard InChI is InChI=1S/C20H18FN3O3/c1-13(25)23-11-18-12-24(20(26)27-18)17-8-7-15(19(21)10-17)6-5-14-3-2-4-16(22)9-14/h2-4,7-10,18H,11-12,22H2,1H3,(H,23,25). The number of carbonyl (C=O) groups excluding carboxylic acids is 2. The summed E-state index contributed by atoms with van der Waals surface area (Å²) in [6.07, 6.45) is -1.06. The van der Waals surface area contributed by atoms with Gasteiger partial charge in [0.1, 0.15) is 11.9 Å². The molecule has 7 heteroatoms. The molecule has 2 aromatic carbocycles. The molecular formula is C20H18FN3O3. The highest BCUT2D eigenvalue weighted by molar-refractivity contribution is 5.90. The van der Waals surface area contributed by atoms with Gasteiger partial charge in [-0.1, -0.05) is 17.9 Å². The molecule has 0 bridgehead atoms. The highest BCUT2D eigenvalue weighted by Gasteiger charge is 2.32. The van der Waals surface area contributed by atoms with E-state index < -0.39 is 18.0 Å². The lowest BCUT2D eigenvalue weighted by molar-refractivity contribution is -0.119. The molecule has 3 N–H and O–H groups in total. The first-order chi connectivity index (χ1) is 12.9. The fourth-order valence-corrected chi connectivity index (χ4v) is 2.63. The van der Waals surface area contributed by atoms with Crippen molar-refractivity contribution in [1.82, 2.24) is 5.32 Å². The lowest BCUT2D eigenvalue weighted by Gasteiger charge is -2.13. The van der Waals surface area contributed by atoms with Crippen LogP contribution in [0.25, 0.3) is 0 Å². The van der Waals surface area contributed by atoms with Crippen molar-refractivity contribution in [2.24, 2.45) is 0 Å². The monoisotopic (exact) mass is 367 g/mol. The molecule has 1 atom stereocenters. The second kappa shape index (κ2) is 7.79. The van der Waals surface area contributed by atoms with Crippen LogP contribution in [0.2, 0.25) is 0 Å². The molecular weight excluding hydrogens is 349 g/mol. The van der Waals surface area contributed by atoms with Crippen molar-refractivity contribution in [2.45, 2.75) is 13.0 Å². The van der Waals surface area contributed by atoms with E-state index in [4.69, 9.17) is 10.5 Å². The van der Waals surface area contributed by atoms with Crippen LogP contribution >= 0.6 is 0 Å². The highest BCUT2D eigenvalue weighted by Crippen LogP contribution is 2.23. The number of nitrogens with two attached hydrogens (primary N) is 1. The normalized spacial score (nSPS) is 15.7. The number of nitrogens with one attached hydrogen (secondary N) is 1. The molecule has 0 aromatic heterocycles. The number of hydrogen-bond acceptors (Lipinski definition) is 4. The zero-order valence-corrected chi connectivity index (χ0v) is 14.7. The summed E-state index contributed by atoms with van der Waals surface area (Å²) in [6.45, 7) is 1.82. The fraction of sp³-hybridized carbons (Fsp3) is 0.200. The molecule has 0 radical (unpaired) electrons. The van der Waals surface area contributed by atoms with E-state index in [0.29, 0.717) is 16.9 Å². The van der Waals surface area contributed by atoms with Crippen LogP contribution in [-0.2, 0) is 9.53 Å². The Morgan fingerprint density at radius 1 is 1.33 bits per heavy atom. The number of rotatable bonds is 3. The average molecular weight is 367 g/mol. The number of carbonyl (C=O) groups is 2. The van der Waals surface area contributed by atoms with Crippen LogP contribution in [0.15, 0.2) is 42.5 Å². The third-order valence-electron chi connectivity index (χ3n) is 3.95. The number of nitrogen functional groups attached to an aromatic ring is 1. The third kappa shape index (κ3) is 4.55. The van der Waals surface area contributed by atoms with E-state index in [2.05, 4.69) is 17.2 Å². The van der Waals surface area contributed by atoms with Gasteiger partial charge in [-0.15, -0.1) is 0 Å². The molecule has 3 rings (SSSR count). The summed E-state index contributed by atoms with van der Waals surface area (Å²) in [7, 11) is 0. The van der Waals surface area contributed by atoms with Gasteiger partial charge in [0.25, 0.3) is 0 Å². The van der Waals surface area contributed by atoms with E-state index in [1.807, 2.05) is 0 Å². The number of halogens is 1. The van der Waals surface area contributed by atoms with Crippen LogP contribution in [0.4, 0.5) is 20.6 Å². The minimum Gasteiger partial charge on any atom is -0.442 e. The molecule has 0 spiro atoms. The van der Waals surface area contributed by atoms with Crippen molar-refractivity contribution >= 4 is 23.4 Å². The van der Waals surface area contributed by atoms with Crippen LogP contribution < -0.4 is 16.0 Å². The Hall–Kier alpha value is -3.53. The smallest absolute Gasteiger partial charge is 0.414 e. The predicted molar refractivity (Wildman–Crippen MR) is 99.5 cm³/mol. The summed E-state index contributed by atoms with van der Waals surface area (Å²) >= 11 is 0. The molecule has 6 nitrogen and oxygen atoms in total. The molecule has 1 heterocycles. The van der Waals surface area contributed by atoms with Gasteiger partial charge in [0, 0.05) is 18.2 Å². The van der Waals surface area contributed by atoms with E-state index in [9.17, 15) is 14.0 Å². The Balaban J connectivity index is 1.73. The number of ether oxygens (including phenoxy) is 1. The molecule has 1 unspecified atom stereocenters. The molecule has 138 valence electrons. The maximum absolute atomic E-state index is 14.4. The van der Waals surface area contributed by atoms with Gasteiger partial charge in [0.15, 0.2) is 0 Å². The summed E-state index contributed by atoms with van der Waals surface area (Å²) in [4.78, 5) is 24.3. The third-order valence-corrected chi connectivity index (χ3v) is 3.95. The second-order valence-corrected chi connectivity index (χ2v) is 6.09. The van der Waals surface area contributed by atoms with Gasteiger partial charge in [-0.05, 0) is 36.4 Å². The molecule has 2 amide bonds. The molecule has 2 aromatic rings. The SMILES string of the molecule is CC(=O)NCC1CN(c2ccc(C#Cc3cccc(N)c3)c(F)c2)C(=O)O1. The van der Waals surface area contributed by atoms with E-state index in [0.717, 1.165) is 0 Å². The van der Waals surface area contributed by atoms with Crippen molar-refractivity contribution in [3.05, 3.63) is 59.4 Å². The van der Waals surface area contributed by atoms with Gasteiger partial charge in [-0.3, -0.25) is 9.69 Å². The Bertz CT molecular complexity index is 949. The first-order valence-electron chi connectivity index (χ1n) is 8.32. The van der Waals surface area contributed by atoms with Gasteiger partial charge in [-0.2, -0.15) is 0 Å². The van der Waals surface area contributed by atoms with Crippen LogP contribution in [0.1, 0.15) is 18.1 Å². The molecule has 1 aliphatic rings. The highest BCUT2D eigenvalue weighted by atomic mass is 19.1. The number of cyclic esters (lactones) is 1. The van der Waals surface area contributed by atoms with E-state index in [1.165, 1.54) is 24.0 Å². The van der Waals surface area contributed by atoms with Crippen molar-refractivity contribution in [3.63, 3.8) is 0 Å². The first kappa shape index (κ1) is 18.3. The van der Waals surface area contributed by atoms with E-state index in [-0.39, 0.29) is 24.6 Å². The molecule has 1 fully saturated rings. The van der Waals surface area contributed by atoms with Crippen molar-refractivity contribution in [3.8, 4) is 11.8 Å². The lowest BCUT2D eigenvalue weighted by Crippen LogP contribution is -2.33. The summed E-state index contributed by atoms with van der Waals surface area (Å²) in [6, 6.07) is 11.4. The number of nitrogens with zero attached hydrogens (tertiary/aromatic N) is 1. The Labute approximate surface area is 156 Å². The lowest BCUT2D eigenvalue weighted by atomic mass is 10.1. The average Bonchev–Trinajstić information content (AvgIpc) is 3.00. The zero-order chi connectivity index (χ0) is 19.4. The fourth-order valence-electron chi connectivity index (χ4n) is 2.63. The van der Waals surface area contributed by atoms with Gasteiger partial charge >= 0.3 is 6.09 Å². The topological polar surface area (TPSA) is 84.7 Å². The van der Waals surface area contributed by atoms with Crippen molar-refractivity contribution < 1.29 is 18.7 Å². The predicted octanol–water partition coefficient (Wildman–Crippen LogP) is 2.27. The quantitative estimate of drug-likeness (QED) is 0.644. The molecule has 1 aliphatic heterocycles. The second-order valence-electron chi connectivity index (χ2n) is 6.09. The largest absolute Gasteiger partial charge is 0.442 e. The number of anilines is 2. The van der Waals surface area contributed by atoms with Crippen molar-refractivity contribution in [1.29, 1.82) is 0 Å². The summed E-state index contributed by atoms with van der Waals surface area (Å²) in [5.41, 5.74) is 7.54. The number of hydrogen-bond donors (Lipinski definition) is 2. The van der Waals surface area contributed by atoms with Gasteiger partial charge in [0.2, 0.25) is 5.91 Å². The van der Waals surface area contributed by atoms with Crippen LogP contribution in [-0.4, -0.2) is 31.2 Å². The summed E-state index contributed by atoms with van der Waals surface area (Å²) < 4.78 is 19.6. The van der Waals surface area contributed by atoms with E-state index in [1.54, 1.807) is 30.3 Å². The van der Waals surface area contributed by atoms with Gasteiger partial charge in [0.05, 0.1) is 24.3 Å². The maximum atomic E-state index is 14.4. The Kier molecular flexibility index (Phi) is 5.27. The zero-order valence-electron chi connectivity index (χ0n) is 14.7. The molecule has 0 saturated carbocycles. The van der Waals surface area contributed by atoms with Crippen molar-refractivity contribution in [2.75, 3.05) is 23.7 Å². The van der Waals surface area contributed by atoms with Gasteiger partial charge < -0.3 is 15.8 Å². The molecule has 0 aliphatic carbocycles. The molecule has 1 saturated heterocycles. The maximum Gasteiger partial charge on any atom is 0.414 e. The van der Waals surface area contributed by atoms with Crippen LogP contribution in [0.5, 0.6) is 0 Å². The van der Waals surface area contributed by atoms with Crippen LogP contribution in [0.3, 0.4) is 0 Å². The number of amides is 2. The Morgan fingerprint density at radius 3 is 2.85 bits per heavy atom. The van der Waals surface area contributed by atoms with E-state index >= 15 is 0 Å².